The standard InChI is InChI=1S/C15H24O3/c1-8(2)12-7-14-10(4)13(16)5-11(14)9(3)6-15(12,17)18-14/h8,10-13,16-17H,3,5-7H2,1-2,4H3/t10-,11-,12-,13-,14-,15+/m0/s1. The van der Waals surface area contributed by atoms with E-state index in [1.807, 2.05) is 6.92 Å². The summed E-state index contributed by atoms with van der Waals surface area (Å²) in [5, 5.41) is 21.0. The van der Waals surface area contributed by atoms with E-state index in [1.165, 1.54) is 0 Å². The van der Waals surface area contributed by atoms with Crippen molar-refractivity contribution < 1.29 is 14.9 Å². The maximum Gasteiger partial charge on any atom is 0.173 e. The molecule has 2 N–H and O–H groups in total. The molecule has 0 radical (unpaired) electrons. The lowest BCUT2D eigenvalue weighted by Gasteiger charge is -2.43. The fourth-order valence-electron chi connectivity index (χ4n) is 4.61. The van der Waals surface area contributed by atoms with Crippen LogP contribution in [0.5, 0.6) is 0 Å². The Hall–Kier alpha value is -0.380. The molecule has 3 aliphatic rings. The molecule has 3 fully saturated rings. The maximum absolute atomic E-state index is 10.8. The molecule has 3 nitrogen and oxygen atoms in total. The summed E-state index contributed by atoms with van der Waals surface area (Å²) in [6.07, 6.45) is 1.78. The summed E-state index contributed by atoms with van der Waals surface area (Å²) in [6.45, 7) is 10.5. The van der Waals surface area contributed by atoms with Crippen molar-refractivity contribution in [2.45, 2.75) is 57.5 Å². The zero-order valence-corrected chi connectivity index (χ0v) is 11.5. The highest BCUT2D eigenvalue weighted by molar-refractivity contribution is 5.26. The van der Waals surface area contributed by atoms with Gasteiger partial charge in [-0.2, -0.15) is 0 Å². The molecule has 0 amide bonds. The molecule has 0 aromatic heterocycles. The summed E-state index contributed by atoms with van der Waals surface area (Å²) in [7, 11) is 0. The van der Waals surface area contributed by atoms with E-state index >= 15 is 0 Å². The Morgan fingerprint density at radius 3 is 2.72 bits per heavy atom. The Kier molecular flexibility index (Phi) is 2.52. The molecule has 2 heterocycles. The lowest BCUT2D eigenvalue weighted by molar-refractivity contribution is -0.270. The van der Waals surface area contributed by atoms with Gasteiger partial charge in [0, 0.05) is 24.2 Å². The largest absolute Gasteiger partial charge is 0.393 e. The van der Waals surface area contributed by atoms with Gasteiger partial charge in [-0.3, -0.25) is 0 Å². The van der Waals surface area contributed by atoms with Gasteiger partial charge in [-0.15, -0.1) is 0 Å². The molecule has 1 aliphatic carbocycles. The second kappa shape index (κ2) is 3.59. The monoisotopic (exact) mass is 252 g/mol. The number of rotatable bonds is 1. The van der Waals surface area contributed by atoms with Gasteiger partial charge < -0.3 is 14.9 Å². The first kappa shape index (κ1) is 12.6. The van der Waals surface area contributed by atoms with Gasteiger partial charge in [-0.05, 0) is 18.8 Å². The van der Waals surface area contributed by atoms with Crippen molar-refractivity contribution in [2.24, 2.45) is 23.7 Å². The van der Waals surface area contributed by atoms with Crippen molar-refractivity contribution in [2.75, 3.05) is 0 Å². The first-order chi connectivity index (χ1) is 8.30. The molecular weight excluding hydrogens is 228 g/mol. The summed E-state index contributed by atoms with van der Waals surface area (Å²) in [5.41, 5.74) is 0.689. The SMILES string of the molecule is C=C1C[C@@]2(O)O[C@]3(C[C@H]2C(C)C)[C@H]1C[C@H](O)[C@@H]3C. The molecule has 18 heavy (non-hydrogen) atoms. The van der Waals surface area contributed by atoms with Gasteiger partial charge in [0.05, 0.1) is 11.7 Å². The normalized spacial score (nSPS) is 55.1. The number of hydrogen-bond acceptors (Lipinski definition) is 3. The fraction of sp³-hybridized carbons (Fsp3) is 0.867. The van der Waals surface area contributed by atoms with E-state index < -0.39 is 5.79 Å². The van der Waals surface area contributed by atoms with Gasteiger partial charge in [0.1, 0.15) is 0 Å². The van der Waals surface area contributed by atoms with Crippen molar-refractivity contribution in [3.05, 3.63) is 12.2 Å². The van der Waals surface area contributed by atoms with Crippen molar-refractivity contribution in [3.63, 3.8) is 0 Å². The Bertz CT molecular complexity index is 391. The third-order valence-electron chi connectivity index (χ3n) is 5.68. The quantitative estimate of drug-likeness (QED) is 0.703. The Morgan fingerprint density at radius 1 is 1.44 bits per heavy atom. The van der Waals surface area contributed by atoms with Crippen LogP contribution in [0, 0.1) is 23.7 Å². The predicted octanol–water partition coefficient (Wildman–Crippen LogP) is 2.08. The summed E-state index contributed by atoms with van der Waals surface area (Å²) < 4.78 is 6.16. The van der Waals surface area contributed by atoms with Crippen LogP contribution in [0.25, 0.3) is 0 Å². The van der Waals surface area contributed by atoms with Crippen LogP contribution >= 0.6 is 0 Å². The molecule has 1 saturated carbocycles. The predicted molar refractivity (Wildman–Crippen MR) is 68.7 cm³/mol. The van der Waals surface area contributed by atoms with E-state index in [0.29, 0.717) is 12.3 Å². The molecule has 0 aromatic carbocycles. The minimum atomic E-state index is -1.06. The molecule has 102 valence electrons. The van der Waals surface area contributed by atoms with Crippen LogP contribution in [0.4, 0.5) is 0 Å². The number of ether oxygens (including phenoxy) is 1. The number of aliphatic hydroxyl groups excluding tert-OH is 1. The topological polar surface area (TPSA) is 49.7 Å². The highest BCUT2D eigenvalue weighted by Crippen LogP contribution is 2.63. The molecule has 0 unspecified atom stereocenters. The Labute approximate surface area is 109 Å². The molecular formula is C15H24O3. The molecule has 2 saturated heterocycles. The smallest absolute Gasteiger partial charge is 0.173 e. The van der Waals surface area contributed by atoms with E-state index in [2.05, 4.69) is 20.4 Å². The summed E-state index contributed by atoms with van der Waals surface area (Å²) in [6, 6.07) is 0. The van der Waals surface area contributed by atoms with Crippen LogP contribution in [-0.4, -0.2) is 27.7 Å². The van der Waals surface area contributed by atoms with Gasteiger partial charge >= 0.3 is 0 Å². The van der Waals surface area contributed by atoms with Gasteiger partial charge in [0.15, 0.2) is 5.79 Å². The van der Waals surface area contributed by atoms with Crippen molar-refractivity contribution >= 4 is 0 Å². The maximum atomic E-state index is 10.8. The number of fused-ring (bicyclic) bond motifs is 1. The molecule has 3 heteroatoms. The van der Waals surface area contributed by atoms with Gasteiger partial charge in [-0.25, -0.2) is 0 Å². The van der Waals surface area contributed by atoms with E-state index in [9.17, 15) is 10.2 Å². The van der Waals surface area contributed by atoms with Crippen LogP contribution in [0.1, 0.15) is 40.0 Å². The molecule has 6 atom stereocenters. The van der Waals surface area contributed by atoms with E-state index in [4.69, 9.17) is 4.74 Å². The van der Waals surface area contributed by atoms with Crippen molar-refractivity contribution in [1.82, 2.24) is 0 Å². The minimum Gasteiger partial charge on any atom is -0.393 e. The zero-order chi connectivity index (χ0) is 13.3. The summed E-state index contributed by atoms with van der Waals surface area (Å²) in [5.74, 6) is -0.237. The second-order valence-corrected chi connectivity index (χ2v) is 6.94. The van der Waals surface area contributed by atoms with E-state index in [1.54, 1.807) is 0 Å². The van der Waals surface area contributed by atoms with Gasteiger partial charge in [0.25, 0.3) is 0 Å². The zero-order valence-electron chi connectivity index (χ0n) is 11.5. The third-order valence-corrected chi connectivity index (χ3v) is 5.68. The molecule has 3 rings (SSSR count). The van der Waals surface area contributed by atoms with Crippen LogP contribution in [0.2, 0.25) is 0 Å². The van der Waals surface area contributed by atoms with Crippen LogP contribution in [-0.2, 0) is 4.74 Å². The number of aliphatic hydroxyl groups is 2. The highest BCUT2D eigenvalue weighted by Gasteiger charge is 2.68. The third kappa shape index (κ3) is 1.36. The first-order valence-electron chi connectivity index (χ1n) is 7.08. The average molecular weight is 252 g/mol. The summed E-state index contributed by atoms with van der Waals surface area (Å²) >= 11 is 0. The second-order valence-electron chi connectivity index (χ2n) is 6.94. The minimum absolute atomic E-state index is 0.0785. The van der Waals surface area contributed by atoms with Gasteiger partial charge in [-0.1, -0.05) is 32.9 Å². The lowest BCUT2D eigenvalue weighted by atomic mass is 9.77. The van der Waals surface area contributed by atoms with Crippen LogP contribution in [0.15, 0.2) is 12.2 Å². The van der Waals surface area contributed by atoms with Gasteiger partial charge in [0.2, 0.25) is 0 Å². The Morgan fingerprint density at radius 2 is 2.11 bits per heavy atom. The Balaban J connectivity index is 2.05. The lowest BCUT2D eigenvalue weighted by Crippen LogP contribution is -2.49. The number of hydrogen-bond donors (Lipinski definition) is 2. The van der Waals surface area contributed by atoms with E-state index in [0.717, 1.165) is 18.4 Å². The molecule has 1 spiro atoms. The van der Waals surface area contributed by atoms with Crippen LogP contribution in [0.3, 0.4) is 0 Å². The highest BCUT2D eigenvalue weighted by atomic mass is 16.7. The fourth-order valence-corrected chi connectivity index (χ4v) is 4.61. The average Bonchev–Trinajstić information content (AvgIpc) is 2.66. The molecule has 2 aliphatic heterocycles. The summed E-state index contributed by atoms with van der Waals surface area (Å²) in [4.78, 5) is 0. The van der Waals surface area contributed by atoms with Crippen molar-refractivity contribution in [3.8, 4) is 0 Å². The molecule has 0 aromatic rings. The first-order valence-corrected chi connectivity index (χ1v) is 7.08. The van der Waals surface area contributed by atoms with E-state index in [-0.39, 0.29) is 29.5 Å². The van der Waals surface area contributed by atoms with Crippen LogP contribution < -0.4 is 0 Å². The molecule has 2 bridgehead atoms. The van der Waals surface area contributed by atoms with Crippen molar-refractivity contribution in [1.29, 1.82) is 0 Å².